The Kier molecular flexibility index (Phi) is 7.60. The first-order chi connectivity index (χ1) is 15.3. The Morgan fingerprint density at radius 1 is 1.12 bits per heavy atom. The highest BCUT2D eigenvalue weighted by Crippen LogP contribution is 2.21. The minimum absolute atomic E-state index is 0.101. The fourth-order valence-corrected chi connectivity index (χ4v) is 4.06. The van der Waals surface area contributed by atoms with Crippen LogP contribution in [0.25, 0.3) is 11.4 Å². The van der Waals surface area contributed by atoms with Crippen LogP contribution in [-0.4, -0.2) is 49.5 Å². The van der Waals surface area contributed by atoms with Crippen molar-refractivity contribution in [2.24, 2.45) is 0 Å². The number of benzene rings is 2. The highest BCUT2D eigenvalue weighted by molar-refractivity contribution is 7.89. The molecule has 32 heavy (non-hydrogen) atoms. The van der Waals surface area contributed by atoms with Gasteiger partial charge in [0.15, 0.2) is 0 Å². The maximum Gasteiger partial charge on any atom is 0.242 e. The number of rotatable bonds is 10. The van der Waals surface area contributed by atoms with E-state index in [4.69, 9.17) is 9.26 Å². The van der Waals surface area contributed by atoms with Crippen molar-refractivity contribution in [3.8, 4) is 17.1 Å². The molecule has 0 aliphatic heterocycles. The molecule has 3 aromatic rings. The molecule has 10 heteroatoms. The predicted molar refractivity (Wildman–Crippen MR) is 118 cm³/mol. The number of nitrogens with one attached hydrogen (secondary N) is 1. The molecule has 0 aliphatic rings. The van der Waals surface area contributed by atoms with Gasteiger partial charge in [0.25, 0.3) is 0 Å². The van der Waals surface area contributed by atoms with Gasteiger partial charge in [0.05, 0.1) is 11.5 Å². The smallest absolute Gasteiger partial charge is 0.242 e. The number of aryl methyl sites for hydroxylation is 1. The molecular weight excluding hydrogens is 432 g/mol. The number of carbonyl (C=O) groups excluding carboxylic acids is 1. The van der Waals surface area contributed by atoms with E-state index in [2.05, 4.69) is 15.5 Å². The van der Waals surface area contributed by atoms with Crippen LogP contribution in [-0.2, 0) is 27.8 Å². The molecule has 1 heterocycles. The van der Waals surface area contributed by atoms with Gasteiger partial charge in [-0.2, -0.15) is 4.98 Å². The van der Waals surface area contributed by atoms with Gasteiger partial charge in [0, 0.05) is 39.0 Å². The average molecular weight is 459 g/mol. The molecule has 0 saturated heterocycles. The van der Waals surface area contributed by atoms with Crippen molar-refractivity contribution >= 4 is 15.9 Å². The largest absolute Gasteiger partial charge is 0.494 e. The van der Waals surface area contributed by atoms with Crippen LogP contribution in [0, 0.1) is 0 Å². The molecule has 0 saturated carbocycles. The summed E-state index contributed by atoms with van der Waals surface area (Å²) in [5.74, 6) is 1.30. The van der Waals surface area contributed by atoms with E-state index >= 15 is 0 Å². The fourth-order valence-electron chi connectivity index (χ4n) is 2.94. The van der Waals surface area contributed by atoms with E-state index in [1.165, 1.54) is 20.2 Å². The normalized spacial score (nSPS) is 11.5. The molecule has 170 valence electrons. The molecule has 0 bridgehead atoms. The second-order valence-electron chi connectivity index (χ2n) is 7.14. The highest BCUT2D eigenvalue weighted by atomic mass is 32.2. The van der Waals surface area contributed by atoms with Crippen LogP contribution in [0.2, 0.25) is 0 Å². The summed E-state index contributed by atoms with van der Waals surface area (Å²) in [6, 6.07) is 13.9. The summed E-state index contributed by atoms with van der Waals surface area (Å²) in [4.78, 5) is 16.8. The monoisotopic (exact) mass is 458 g/mol. The van der Waals surface area contributed by atoms with Gasteiger partial charge in [0.1, 0.15) is 5.75 Å². The fraction of sp³-hybridized carbons (Fsp3) is 0.318. The Balaban J connectivity index is 1.56. The second-order valence-corrected chi connectivity index (χ2v) is 9.26. The van der Waals surface area contributed by atoms with Crippen molar-refractivity contribution in [3.05, 3.63) is 60.0 Å². The third-order valence-corrected chi connectivity index (χ3v) is 6.58. The molecule has 1 aromatic heterocycles. The minimum atomic E-state index is -3.60. The number of carbonyl (C=O) groups is 1. The van der Waals surface area contributed by atoms with Crippen molar-refractivity contribution in [2.75, 3.05) is 20.7 Å². The predicted octanol–water partition coefficient (Wildman–Crippen LogP) is 2.63. The summed E-state index contributed by atoms with van der Waals surface area (Å²) in [6.45, 7) is 2.61. The van der Waals surface area contributed by atoms with Gasteiger partial charge < -0.3 is 14.6 Å². The number of nitrogens with zero attached hydrogens (tertiary/aromatic N) is 3. The summed E-state index contributed by atoms with van der Waals surface area (Å²) >= 11 is 0. The van der Waals surface area contributed by atoms with E-state index in [1.807, 2.05) is 31.2 Å². The summed E-state index contributed by atoms with van der Waals surface area (Å²) in [7, 11) is -0.662. The molecule has 9 nitrogen and oxygen atoms in total. The van der Waals surface area contributed by atoms with E-state index in [0.29, 0.717) is 23.9 Å². The third-order valence-electron chi connectivity index (χ3n) is 4.66. The van der Waals surface area contributed by atoms with Crippen molar-refractivity contribution in [3.63, 3.8) is 0 Å². The van der Waals surface area contributed by atoms with E-state index in [0.717, 1.165) is 15.6 Å². The lowest BCUT2D eigenvalue weighted by Gasteiger charge is -2.15. The summed E-state index contributed by atoms with van der Waals surface area (Å²) < 4.78 is 36.7. The summed E-state index contributed by atoms with van der Waals surface area (Å²) in [5, 5.41) is 6.71. The molecule has 3 rings (SSSR count). The maximum atomic E-state index is 12.5. The Bertz CT molecular complexity index is 1160. The van der Waals surface area contributed by atoms with Crippen molar-refractivity contribution < 1.29 is 22.5 Å². The molecule has 2 aromatic carbocycles. The third kappa shape index (κ3) is 5.71. The van der Waals surface area contributed by atoms with Crippen molar-refractivity contribution in [2.45, 2.75) is 31.2 Å². The lowest BCUT2D eigenvalue weighted by atomic mass is 10.2. The maximum absolute atomic E-state index is 12.5. The van der Waals surface area contributed by atoms with Crippen LogP contribution < -0.4 is 10.1 Å². The average Bonchev–Trinajstić information content (AvgIpc) is 3.26. The minimum Gasteiger partial charge on any atom is -0.494 e. The molecule has 0 spiro atoms. The number of ether oxygens (including phenoxy) is 1. The van der Waals surface area contributed by atoms with Crippen LogP contribution in [0.4, 0.5) is 0 Å². The van der Waals surface area contributed by atoms with Gasteiger partial charge in [0.2, 0.25) is 27.6 Å². The number of hydrogen-bond acceptors (Lipinski definition) is 7. The van der Waals surface area contributed by atoms with Gasteiger partial charge in [-0.3, -0.25) is 4.79 Å². The second kappa shape index (κ2) is 10.4. The molecule has 1 amide bonds. The van der Waals surface area contributed by atoms with E-state index < -0.39 is 10.0 Å². The van der Waals surface area contributed by atoms with Crippen LogP contribution in [0.3, 0.4) is 0 Å². The van der Waals surface area contributed by atoms with Gasteiger partial charge in [-0.25, -0.2) is 12.7 Å². The van der Waals surface area contributed by atoms with Crippen molar-refractivity contribution in [1.29, 1.82) is 0 Å². The van der Waals surface area contributed by atoms with Gasteiger partial charge >= 0.3 is 0 Å². The number of amides is 1. The van der Waals surface area contributed by atoms with E-state index in [9.17, 15) is 13.2 Å². The highest BCUT2D eigenvalue weighted by Gasteiger charge is 2.21. The van der Waals surface area contributed by atoms with Crippen LogP contribution >= 0.6 is 0 Å². The standard InChI is InChI=1S/C22H26N4O5S/c1-4-30-18-11-9-16(10-12-18)22-24-21(31-25-22)14-13-20(27)23-15-17-7-5-6-8-19(17)32(28,29)26(2)3/h5-12H,4,13-15H2,1-3H3,(H,23,27). The molecule has 1 N–H and O–H groups in total. The van der Waals surface area contributed by atoms with Crippen LogP contribution in [0.15, 0.2) is 57.9 Å². The zero-order valence-corrected chi connectivity index (χ0v) is 19.1. The Morgan fingerprint density at radius 3 is 2.53 bits per heavy atom. The SMILES string of the molecule is CCOc1ccc(-c2noc(CCC(=O)NCc3ccccc3S(=O)(=O)N(C)C)n2)cc1. The first kappa shape index (κ1) is 23.4. The molecule has 0 fully saturated rings. The lowest BCUT2D eigenvalue weighted by molar-refractivity contribution is -0.121. The van der Waals surface area contributed by atoms with Gasteiger partial charge in [-0.05, 0) is 42.8 Å². The summed E-state index contributed by atoms with van der Waals surface area (Å²) in [6.07, 6.45) is 0.404. The Labute approximate surface area is 187 Å². The van der Waals surface area contributed by atoms with Gasteiger partial charge in [-0.15, -0.1) is 0 Å². The first-order valence-electron chi connectivity index (χ1n) is 10.1. The molecular formula is C22H26N4O5S. The van der Waals surface area contributed by atoms with Crippen LogP contribution in [0.5, 0.6) is 5.75 Å². The van der Waals surface area contributed by atoms with Crippen molar-refractivity contribution in [1.82, 2.24) is 19.8 Å². The number of hydrogen-bond donors (Lipinski definition) is 1. The number of aromatic nitrogens is 2. The number of sulfonamides is 1. The van der Waals surface area contributed by atoms with Crippen LogP contribution in [0.1, 0.15) is 24.8 Å². The molecule has 0 unspecified atom stereocenters. The molecule has 0 atom stereocenters. The zero-order chi connectivity index (χ0) is 23.1. The van der Waals surface area contributed by atoms with Gasteiger partial charge in [-0.1, -0.05) is 23.4 Å². The first-order valence-corrected chi connectivity index (χ1v) is 11.6. The Morgan fingerprint density at radius 2 is 1.84 bits per heavy atom. The molecule has 0 radical (unpaired) electrons. The molecule has 0 aliphatic carbocycles. The van der Waals surface area contributed by atoms with E-state index in [-0.39, 0.29) is 30.2 Å². The lowest BCUT2D eigenvalue weighted by Crippen LogP contribution is -2.27. The quantitative estimate of drug-likeness (QED) is 0.497. The topological polar surface area (TPSA) is 115 Å². The van der Waals surface area contributed by atoms with E-state index in [1.54, 1.807) is 18.2 Å². The zero-order valence-electron chi connectivity index (χ0n) is 18.2. The Hall–Kier alpha value is -3.24. The summed E-state index contributed by atoms with van der Waals surface area (Å²) in [5.41, 5.74) is 1.30.